The highest BCUT2D eigenvalue weighted by Crippen LogP contribution is 2.24. The van der Waals surface area contributed by atoms with Crippen LogP contribution in [0.4, 0.5) is 0 Å². The highest BCUT2D eigenvalue weighted by Gasteiger charge is 2.16. The Morgan fingerprint density at radius 1 is 1.19 bits per heavy atom. The number of ketones is 1. The molecule has 0 fully saturated rings. The molecule has 0 atom stereocenters. The number of nitrogens with zero attached hydrogens (tertiary/aromatic N) is 4. The number of fused-ring (bicyclic) bond motifs is 1. The molecule has 4 aromatic rings. The monoisotopic (exact) mass is 363 g/mol. The first kappa shape index (κ1) is 16.5. The number of carbonyl (C=O) groups is 1. The smallest absolute Gasteiger partial charge is 0.214 e. The van der Waals surface area contributed by atoms with E-state index in [9.17, 15) is 4.79 Å². The Bertz CT molecular complexity index is 1100. The second-order valence-corrected chi connectivity index (χ2v) is 7.07. The molecule has 4 rings (SSSR count). The van der Waals surface area contributed by atoms with Crippen molar-refractivity contribution in [1.29, 1.82) is 0 Å². The topological polar surface area (TPSA) is 76.5 Å². The molecule has 130 valence electrons. The lowest BCUT2D eigenvalue weighted by Crippen LogP contribution is -2.05. The van der Waals surface area contributed by atoms with Gasteiger partial charge in [-0.1, -0.05) is 47.7 Å². The van der Waals surface area contributed by atoms with Crippen LogP contribution in [0, 0.1) is 13.8 Å². The summed E-state index contributed by atoms with van der Waals surface area (Å²) in [6, 6.07) is 13.9. The Balaban J connectivity index is 1.56. The lowest BCUT2D eigenvalue weighted by molar-refractivity contribution is 0.102. The highest BCUT2D eigenvalue weighted by molar-refractivity contribution is 7.99. The van der Waals surface area contributed by atoms with Crippen molar-refractivity contribution in [1.82, 2.24) is 25.2 Å². The zero-order valence-corrected chi connectivity index (χ0v) is 15.2. The number of Topliss-reactive ketones (excluding diaryl/α,β-unsaturated/α-hetero) is 1. The van der Waals surface area contributed by atoms with Gasteiger partial charge in [0.15, 0.2) is 5.78 Å². The average molecular weight is 363 g/mol. The van der Waals surface area contributed by atoms with Gasteiger partial charge in [-0.15, -0.1) is 5.10 Å². The number of rotatable bonds is 5. The van der Waals surface area contributed by atoms with E-state index in [1.165, 1.54) is 17.3 Å². The van der Waals surface area contributed by atoms with Crippen LogP contribution in [0.2, 0.25) is 0 Å². The number of H-pyrrole nitrogens is 1. The predicted molar refractivity (Wildman–Crippen MR) is 102 cm³/mol. The fourth-order valence-corrected chi connectivity index (χ4v) is 3.74. The normalized spacial score (nSPS) is 11.2. The SMILES string of the molecule is Cc1ccc(-n2nnnc2SCC(=O)c2c[nH]c3ccccc23)c(C)c1. The van der Waals surface area contributed by atoms with Gasteiger partial charge in [-0.2, -0.15) is 4.68 Å². The summed E-state index contributed by atoms with van der Waals surface area (Å²) in [6.45, 7) is 4.07. The molecule has 0 amide bonds. The van der Waals surface area contributed by atoms with Crippen molar-refractivity contribution in [3.8, 4) is 5.69 Å². The van der Waals surface area contributed by atoms with Gasteiger partial charge in [-0.3, -0.25) is 4.79 Å². The van der Waals surface area contributed by atoms with Crippen molar-refractivity contribution in [3.63, 3.8) is 0 Å². The van der Waals surface area contributed by atoms with Crippen LogP contribution in [0.5, 0.6) is 0 Å². The number of aryl methyl sites for hydroxylation is 2. The van der Waals surface area contributed by atoms with Crippen LogP contribution >= 0.6 is 11.8 Å². The Morgan fingerprint density at radius 3 is 2.88 bits per heavy atom. The molecule has 2 aromatic heterocycles. The summed E-state index contributed by atoms with van der Waals surface area (Å²) in [5.74, 6) is 0.315. The van der Waals surface area contributed by atoms with E-state index in [1.807, 2.05) is 50.2 Å². The summed E-state index contributed by atoms with van der Waals surface area (Å²) in [4.78, 5) is 15.8. The van der Waals surface area contributed by atoms with Gasteiger partial charge in [-0.25, -0.2) is 0 Å². The molecule has 2 aromatic carbocycles. The van der Waals surface area contributed by atoms with Crippen molar-refractivity contribution in [2.45, 2.75) is 19.0 Å². The van der Waals surface area contributed by atoms with E-state index in [2.05, 4.69) is 26.6 Å². The Kier molecular flexibility index (Phi) is 4.30. The number of aromatic amines is 1. The first-order valence-corrected chi connectivity index (χ1v) is 9.20. The van der Waals surface area contributed by atoms with Crippen molar-refractivity contribution < 1.29 is 4.79 Å². The van der Waals surface area contributed by atoms with Gasteiger partial charge < -0.3 is 4.98 Å². The van der Waals surface area contributed by atoms with Crippen LogP contribution in [0.3, 0.4) is 0 Å². The van der Waals surface area contributed by atoms with Crippen LogP contribution in [0.1, 0.15) is 21.5 Å². The number of thioether (sulfide) groups is 1. The first-order valence-electron chi connectivity index (χ1n) is 8.21. The summed E-state index contributed by atoms with van der Waals surface area (Å²) in [7, 11) is 0. The molecule has 6 nitrogen and oxygen atoms in total. The third kappa shape index (κ3) is 3.01. The van der Waals surface area contributed by atoms with Gasteiger partial charge in [0.25, 0.3) is 0 Å². The maximum absolute atomic E-state index is 12.7. The summed E-state index contributed by atoms with van der Waals surface area (Å²) in [5.41, 5.74) is 4.84. The largest absolute Gasteiger partial charge is 0.360 e. The van der Waals surface area contributed by atoms with Gasteiger partial charge >= 0.3 is 0 Å². The first-order chi connectivity index (χ1) is 12.6. The quantitative estimate of drug-likeness (QED) is 0.432. The molecule has 0 aliphatic carbocycles. The molecule has 0 spiro atoms. The summed E-state index contributed by atoms with van der Waals surface area (Å²) < 4.78 is 1.68. The van der Waals surface area contributed by atoms with Crippen molar-refractivity contribution in [2.75, 3.05) is 5.75 Å². The molecule has 0 unspecified atom stereocenters. The van der Waals surface area contributed by atoms with E-state index in [-0.39, 0.29) is 11.5 Å². The third-order valence-electron chi connectivity index (χ3n) is 4.24. The summed E-state index contributed by atoms with van der Waals surface area (Å²) in [5, 5.41) is 13.5. The fraction of sp³-hybridized carbons (Fsp3) is 0.158. The molecule has 2 heterocycles. The lowest BCUT2D eigenvalue weighted by Gasteiger charge is -2.08. The standard InChI is InChI=1S/C19H17N5OS/c1-12-7-8-17(13(2)9-12)24-19(21-22-23-24)26-11-18(25)15-10-20-16-6-4-3-5-14(15)16/h3-10,20H,11H2,1-2H3. The Labute approximate surface area is 154 Å². The number of tetrazole rings is 1. The molecular weight excluding hydrogens is 346 g/mol. The van der Waals surface area contributed by atoms with Crippen molar-refractivity contribution >= 4 is 28.4 Å². The van der Waals surface area contributed by atoms with E-state index in [4.69, 9.17) is 0 Å². The molecule has 0 saturated heterocycles. The number of benzene rings is 2. The zero-order chi connectivity index (χ0) is 18.1. The van der Waals surface area contributed by atoms with Gasteiger partial charge in [0.2, 0.25) is 5.16 Å². The Morgan fingerprint density at radius 2 is 2.04 bits per heavy atom. The summed E-state index contributed by atoms with van der Waals surface area (Å²) >= 11 is 1.34. The molecule has 0 bridgehead atoms. The number of para-hydroxylation sites is 1. The van der Waals surface area contributed by atoms with Gasteiger partial charge in [0.05, 0.1) is 11.4 Å². The minimum atomic E-state index is 0.0441. The summed E-state index contributed by atoms with van der Waals surface area (Å²) in [6.07, 6.45) is 1.76. The maximum atomic E-state index is 12.7. The van der Waals surface area contributed by atoms with Crippen LogP contribution in [-0.2, 0) is 0 Å². The molecule has 0 aliphatic rings. The third-order valence-corrected chi connectivity index (χ3v) is 5.16. The minimum Gasteiger partial charge on any atom is -0.360 e. The number of hydrogen-bond donors (Lipinski definition) is 1. The number of carbonyl (C=O) groups excluding carboxylic acids is 1. The molecule has 0 aliphatic heterocycles. The van der Waals surface area contributed by atoms with Crippen LogP contribution < -0.4 is 0 Å². The average Bonchev–Trinajstić information content (AvgIpc) is 3.26. The second-order valence-electron chi connectivity index (χ2n) is 6.12. The number of aromatic nitrogens is 5. The van der Waals surface area contributed by atoms with E-state index in [1.54, 1.807) is 10.9 Å². The van der Waals surface area contributed by atoms with E-state index >= 15 is 0 Å². The van der Waals surface area contributed by atoms with E-state index in [0.29, 0.717) is 10.7 Å². The van der Waals surface area contributed by atoms with Gasteiger partial charge in [0, 0.05) is 22.7 Å². The van der Waals surface area contributed by atoms with Crippen LogP contribution in [-0.4, -0.2) is 36.7 Å². The molecular formula is C19H17N5OS. The molecule has 1 N–H and O–H groups in total. The van der Waals surface area contributed by atoms with Crippen molar-refractivity contribution in [3.05, 3.63) is 65.4 Å². The van der Waals surface area contributed by atoms with E-state index < -0.39 is 0 Å². The second kappa shape index (κ2) is 6.76. The molecule has 0 radical (unpaired) electrons. The predicted octanol–water partition coefficient (Wildman–Crippen LogP) is 3.74. The van der Waals surface area contributed by atoms with Gasteiger partial charge in [0.1, 0.15) is 0 Å². The van der Waals surface area contributed by atoms with Crippen LogP contribution in [0.25, 0.3) is 16.6 Å². The fourth-order valence-electron chi connectivity index (χ4n) is 2.97. The van der Waals surface area contributed by atoms with Crippen LogP contribution in [0.15, 0.2) is 53.8 Å². The number of hydrogen-bond acceptors (Lipinski definition) is 5. The van der Waals surface area contributed by atoms with E-state index in [0.717, 1.165) is 22.2 Å². The molecule has 26 heavy (non-hydrogen) atoms. The highest BCUT2D eigenvalue weighted by atomic mass is 32.2. The minimum absolute atomic E-state index is 0.0441. The Hall–Kier alpha value is -2.93. The lowest BCUT2D eigenvalue weighted by atomic mass is 10.1. The maximum Gasteiger partial charge on any atom is 0.214 e. The molecule has 7 heteroatoms. The van der Waals surface area contributed by atoms with Crippen molar-refractivity contribution in [2.24, 2.45) is 0 Å². The number of nitrogens with one attached hydrogen (secondary N) is 1. The molecule has 0 saturated carbocycles. The van der Waals surface area contributed by atoms with Gasteiger partial charge in [-0.05, 0) is 42.0 Å². The zero-order valence-electron chi connectivity index (χ0n) is 14.4.